The summed E-state index contributed by atoms with van der Waals surface area (Å²) in [6, 6.07) is 17.7. The van der Waals surface area contributed by atoms with Crippen molar-refractivity contribution in [2.75, 3.05) is 12.3 Å². The second-order valence-corrected chi connectivity index (χ2v) is 6.09. The second kappa shape index (κ2) is 7.17. The van der Waals surface area contributed by atoms with Crippen molar-refractivity contribution in [2.45, 2.75) is 19.8 Å². The lowest BCUT2D eigenvalue weighted by atomic mass is 10.0. The van der Waals surface area contributed by atoms with Gasteiger partial charge in [0.05, 0.1) is 5.69 Å². The van der Waals surface area contributed by atoms with Gasteiger partial charge in [-0.25, -0.2) is 0 Å². The van der Waals surface area contributed by atoms with Crippen LogP contribution in [0.1, 0.15) is 34.5 Å². The molecule has 0 aliphatic carbocycles. The first kappa shape index (κ1) is 16.7. The number of nitrogens with zero attached hydrogens (tertiary/aromatic N) is 3. The normalized spacial score (nSPS) is 11.9. The Morgan fingerprint density at radius 2 is 1.84 bits per heavy atom. The van der Waals surface area contributed by atoms with Crippen LogP contribution in [0.2, 0.25) is 0 Å². The number of carbonyl (C=O) groups excluding carboxylic acids is 1. The molecule has 0 saturated carbocycles. The molecule has 0 saturated heterocycles. The van der Waals surface area contributed by atoms with Crippen LogP contribution in [0.4, 0.5) is 5.82 Å². The first-order valence-corrected chi connectivity index (χ1v) is 8.17. The van der Waals surface area contributed by atoms with Crippen molar-refractivity contribution in [3.63, 3.8) is 0 Å². The van der Waals surface area contributed by atoms with Gasteiger partial charge in [0, 0.05) is 6.54 Å². The summed E-state index contributed by atoms with van der Waals surface area (Å²) in [5.41, 5.74) is 9.28. The fraction of sp³-hybridized carbons (Fsp3) is 0.211. The molecule has 1 amide bonds. The molecule has 6 heteroatoms. The highest BCUT2D eigenvalue weighted by atomic mass is 16.2. The van der Waals surface area contributed by atoms with E-state index in [2.05, 4.69) is 22.6 Å². The van der Waals surface area contributed by atoms with Gasteiger partial charge in [-0.15, -0.1) is 5.10 Å². The Kier molecular flexibility index (Phi) is 4.79. The molecule has 0 radical (unpaired) electrons. The number of amides is 1. The maximum absolute atomic E-state index is 12.4. The lowest BCUT2D eigenvalue weighted by Gasteiger charge is -2.12. The fourth-order valence-electron chi connectivity index (χ4n) is 2.56. The molecule has 0 aliphatic heterocycles. The number of rotatable bonds is 5. The van der Waals surface area contributed by atoms with Crippen LogP contribution in [-0.2, 0) is 0 Å². The minimum Gasteiger partial charge on any atom is -0.382 e. The predicted molar refractivity (Wildman–Crippen MR) is 97.7 cm³/mol. The van der Waals surface area contributed by atoms with Gasteiger partial charge < -0.3 is 11.1 Å². The van der Waals surface area contributed by atoms with Crippen LogP contribution in [0, 0.1) is 6.92 Å². The summed E-state index contributed by atoms with van der Waals surface area (Å²) in [6.07, 6.45) is 0. The number of anilines is 1. The zero-order chi connectivity index (χ0) is 17.8. The third-order valence-electron chi connectivity index (χ3n) is 4.14. The zero-order valence-electron chi connectivity index (χ0n) is 14.3. The van der Waals surface area contributed by atoms with E-state index in [-0.39, 0.29) is 23.3 Å². The number of aromatic nitrogens is 3. The molecule has 25 heavy (non-hydrogen) atoms. The molecule has 6 nitrogen and oxygen atoms in total. The van der Waals surface area contributed by atoms with Gasteiger partial charge in [-0.3, -0.25) is 4.79 Å². The minimum absolute atomic E-state index is 0.140. The largest absolute Gasteiger partial charge is 0.382 e. The molecule has 1 unspecified atom stereocenters. The van der Waals surface area contributed by atoms with E-state index in [1.165, 1.54) is 10.2 Å². The van der Waals surface area contributed by atoms with Crippen molar-refractivity contribution in [1.82, 2.24) is 20.3 Å². The standard InChI is InChI=1S/C19H21N5O/c1-13-8-10-16(11-9-13)24-18(20)17(22-23-24)19(25)21-12-14(2)15-6-4-3-5-7-15/h3-11,14H,12,20H2,1-2H3,(H,21,25). The van der Waals surface area contributed by atoms with Crippen LogP contribution in [0.5, 0.6) is 0 Å². The molecule has 1 atom stereocenters. The summed E-state index contributed by atoms with van der Waals surface area (Å²) in [7, 11) is 0. The molecular weight excluding hydrogens is 314 g/mol. The van der Waals surface area contributed by atoms with Crippen LogP contribution in [-0.4, -0.2) is 27.4 Å². The highest BCUT2D eigenvalue weighted by Crippen LogP contribution is 2.17. The van der Waals surface area contributed by atoms with Crippen LogP contribution in [0.3, 0.4) is 0 Å². The molecule has 0 spiro atoms. The molecule has 1 heterocycles. The summed E-state index contributed by atoms with van der Waals surface area (Å²) in [5.74, 6) is 0.103. The monoisotopic (exact) mass is 335 g/mol. The number of hydrogen-bond donors (Lipinski definition) is 2. The highest BCUT2D eigenvalue weighted by Gasteiger charge is 2.19. The Morgan fingerprint density at radius 1 is 1.16 bits per heavy atom. The third kappa shape index (κ3) is 3.68. The van der Waals surface area contributed by atoms with E-state index in [1.54, 1.807) is 0 Å². The molecule has 0 fully saturated rings. The number of hydrogen-bond acceptors (Lipinski definition) is 4. The van der Waals surface area contributed by atoms with Gasteiger partial charge >= 0.3 is 0 Å². The summed E-state index contributed by atoms with van der Waals surface area (Å²) < 4.78 is 1.47. The molecular formula is C19H21N5O. The lowest BCUT2D eigenvalue weighted by Crippen LogP contribution is -2.28. The Hall–Kier alpha value is -3.15. The number of nitrogen functional groups attached to an aromatic ring is 1. The average molecular weight is 335 g/mol. The van der Waals surface area contributed by atoms with Gasteiger partial charge in [-0.1, -0.05) is 60.2 Å². The summed E-state index contributed by atoms with van der Waals surface area (Å²) in [6.45, 7) is 4.56. The second-order valence-electron chi connectivity index (χ2n) is 6.09. The van der Waals surface area contributed by atoms with Crippen LogP contribution < -0.4 is 11.1 Å². The van der Waals surface area contributed by atoms with Crippen molar-refractivity contribution in [1.29, 1.82) is 0 Å². The number of carbonyl (C=O) groups is 1. The smallest absolute Gasteiger partial charge is 0.275 e. The maximum Gasteiger partial charge on any atom is 0.275 e. The van der Waals surface area contributed by atoms with Gasteiger partial charge in [0.25, 0.3) is 5.91 Å². The van der Waals surface area contributed by atoms with Gasteiger partial charge in [0.2, 0.25) is 0 Å². The van der Waals surface area contributed by atoms with Gasteiger partial charge in [-0.2, -0.15) is 4.68 Å². The van der Waals surface area contributed by atoms with E-state index in [0.29, 0.717) is 6.54 Å². The van der Waals surface area contributed by atoms with Crippen molar-refractivity contribution < 1.29 is 4.79 Å². The molecule has 3 rings (SSSR count). The van der Waals surface area contributed by atoms with Gasteiger partial charge in [-0.05, 0) is 30.5 Å². The van der Waals surface area contributed by atoms with E-state index in [0.717, 1.165) is 11.3 Å². The predicted octanol–water partition coefficient (Wildman–Crippen LogP) is 2.69. The molecule has 128 valence electrons. The Bertz CT molecular complexity index is 855. The number of benzene rings is 2. The fourth-order valence-corrected chi connectivity index (χ4v) is 2.56. The van der Waals surface area contributed by atoms with Crippen molar-refractivity contribution in [2.24, 2.45) is 0 Å². The van der Waals surface area contributed by atoms with Crippen LogP contribution in [0.15, 0.2) is 54.6 Å². The number of nitrogens with one attached hydrogen (secondary N) is 1. The van der Waals surface area contributed by atoms with E-state index in [1.807, 2.05) is 61.5 Å². The average Bonchev–Trinajstić information content (AvgIpc) is 3.02. The summed E-state index contributed by atoms with van der Waals surface area (Å²) in [4.78, 5) is 12.4. The SMILES string of the molecule is Cc1ccc(-n2nnc(C(=O)NCC(C)c3ccccc3)c2N)cc1. The molecule has 1 aromatic heterocycles. The van der Waals surface area contributed by atoms with Gasteiger partial charge in [0.1, 0.15) is 0 Å². The quantitative estimate of drug-likeness (QED) is 0.750. The third-order valence-corrected chi connectivity index (χ3v) is 4.14. The Morgan fingerprint density at radius 3 is 2.52 bits per heavy atom. The summed E-state index contributed by atoms with van der Waals surface area (Å²) in [5, 5.41) is 10.8. The molecule has 3 aromatic rings. The first-order valence-electron chi connectivity index (χ1n) is 8.17. The lowest BCUT2D eigenvalue weighted by molar-refractivity contribution is 0.0947. The summed E-state index contributed by atoms with van der Waals surface area (Å²) >= 11 is 0. The highest BCUT2D eigenvalue weighted by molar-refractivity contribution is 5.96. The van der Waals surface area contributed by atoms with Gasteiger partial charge in [0.15, 0.2) is 11.5 Å². The van der Waals surface area contributed by atoms with E-state index in [4.69, 9.17) is 5.73 Å². The minimum atomic E-state index is -0.321. The zero-order valence-corrected chi connectivity index (χ0v) is 14.3. The van der Waals surface area contributed by atoms with E-state index in [9.17, 15) is 4.79 Å². The molecule has 0 aliphatic rings. The van der Waals surface area contributed by atoms with Crippen LogP contribution in [0.25, 0.3) is 5.69 Å². The van der Waals surface area contributed by atoms with Crippen LogP contribution >= 0.6 is 0 Å². The van der Waals surface area contributed by atoms with E-state index < -0.39 is 0 Å². The topological polar surface area (TPSA) is 85.8 Å². The van der Waals surface area contributed by atoms with E-state index >= 15 is 0 Å². The molecule has 2 aromatic carbocycles. The van der Waals surface area contributed by atoms with Crippen molar-refractivity contribution in [3.05, 3.63) is 71.4 Å². The number of aryl methyl sites for hydroxylation is 1. The maximum atomic E-state index is 12.4. The molecule has 3 N–H and O–H groups in total. The number of nitrogens with two attached hydrogens (primary N) is 1. The van der Waals surface area contributed by atoms with Crippen molar-refractivity contribution >= 4 is 11.7 Å². The Balaban J connectivity index is 1.70. The Labute approximate surface area is 146 Å². The molecule has 0 bridgehead atoms. The van der Waals surface area contributed by atoms with Crippen molar-refractivity contribution in [3.8, 4) is 5.69 Å². The first-order chi connectivity index (χ1) is 12.1.